The number of hydrogen-bond donors (Lipinski definition) is 0. The molecule has 0 saturated heterocycles. The van der Waals surface area contributed by atoms with Crippen molar-refractivity contribution < 1.29 is 18.8 Å². The van der Waals surface area contributed by atoms with Crippen LogP contribution < -0.4 is 4.90 Å². The highest BCUT2D eigenvalue weighted by Gasteiger charge is 2.35. The molecule has 0 amide bonds. The molecule has 6 nitrogen and oxygen atoms in total. The van der Waals surface area contributed by atoms with E-state index in [4.69, 9.17) is 16.3 Å². The van der Waals surface area contributed by atoms with E-state index in [9.17, 15) is 19.3 Å². The minimum Gasteiger partial charge on any atom is -0.465 e. The van der Waals surface area contributed by atoms with E-state index < -0.39 is 22.4 Å². The number of benzene rings is 1. The summed E-state index contributed by atoms with van der Waals surface area (Å²) in [6.07, 6.45) is 1.62. The van der Waals surface area contributed by atoms with Crippen LogP contribution in [0.5, 0.6) is 0 Å². The molecule has 8 heteroatoms. The van der Waals surface area contributed by atoms with Gasteiger partial charge in [0.1, 0.15) is 18.0 Å². The molecule has 0 spiro atoms. The van der Waals surface area contributed by atoms with Crippen LogP contribution in [0.4, 0.5) is 15.8 Å². The largest absolute Gasteiger partial charge is 0.465 e. The van der Waals surface area contributed by atoms with Gasteiger partial charge in [-0.1, -0.05) is 11.6 Å². The third-order valence-electron chi connectivity index (χ3n) is 3.12. The fourth-order valence-electron chi connectivity index (χ4n) is 2.05. The van der Waals surface area contributed by atoms with Gasteiger partial charge in [-0.2, -0.15) is 0 Å². The van der Waals surface area contributed by atoms with Gasteiger partial charge in [0.2, 0.25) is 0 Å². The summed E-state index contributed by atoms with van der Waals surface area (Å²) in [7, 11) is 0. The van der Waals surface area contributed by atoms with Crippen LogP contribution in [0.15, 0.2) is 12.1 Å². The number of carbonyl (C=O) groups is 1. The summed E-state index contributed by atoms with van der Waals surface area (Å²) in [5.74, 6) is -1.35. The molecule has 1 aromatic rings. The van der Waals surface area contributed by atoms with Gasteiger partial charge < -0.3 is 9.64 Å². The van der Waals surface area contributed by atoms with Gasteiger partial charge in [-0.3, -0.25) is 14.9 Å². The van der Waals surface area contributed by atoms with Crippen molar-refractivity contribution in [3.63, 3.8) is 0 Å². The summed E-state index contributed by atoms with van der Waals surface area (Å²) >= 11 is 5.72. The summed E-state index contributed by atoms with van der Waals surface area (Å²) in [6, 6.07) is 1.97. The molecule has 0 N–H and O–H groups in total. The molecule has 21 heavy (non-hydrogen) atoms. The highest BCUT2D eigenvalue weighted by molar-refractivity contribution is 6.31. The number of nitrogens with zero attached hydrogens (tertiary/aromatic N) is 2. The Kier molecular flexibility index (Phi) is 4.62. The molecule has 1 aliphatic rings. The maximum absolute atomic E-state index is 13.4. The van der Waals surface area contributed by atoms with Crippen LogP contribution in [0.3, 0.4) is 0 Å². The number of rotatable bonds is 6. The van der Waals surface area contributed by atoms with E-state index in [1.165, 1.54) is 6.07 Å². The topological polar surface area (TPSA) is 72.7 Å². The standard InChI is InChI=1S/C13H14ClFN2O4/c1-2-21-13(18)7-16(8-3-4-8)11-5-9(14)10(15)6-12(11)17(19)20/h5-6,8H,2-4,7H2,1H3. The predicted octanol–water partition coefficient (Wildman–Crippen LogP) is 2.92. The molecule has 0 atom stereocenters. The SMILES string of the molecule is CCOC(=O)CN(c1cc(Cl)c(F)cc1[N+](=O)[O-])C1CC1. The van der Waals surface area contributed by atoms with Gasteiger partial charge in [0.25, 0.3) is 5.69 Å². The van der Waals surface area contributed by atoms with Gasteiger partial charge in [0.15, 0.2) is 0 Å². The fraction of sp³-hybridized carbons (Fsp3) is 0.462. The second-order valence-electron chi connectivity index (χ2n) is 4.68. The van der Waals surface area contributed by atoms with Crippen LogP contribution in [-0.2, 0) is 9.53 Å². The van der Waals surface area contributed by atoms with Crippen molar-refractivity contribution in [1.82, 2.24) is 0 Å². The molecule has 1 saturated carbocycles. The number of esters is 1. The summed E-state index contributed by atoms with van der Waals surface area (Å²) in [4.78, 5) is 23.6. The van der Waals surface area contributed by atoms with E-state index in [0.717, 1.165) is 18.9 Å². The van der Waals surface area contributed by atoms with Gasteiger partial charge in [0.05, 0.1) is 22.6 Å². The van der Waals surface area contributed by atoms with Gasteiger partial charge in [-0.25, -0.2) is 4.39 Å². The molecular weight excluding hydrogens is 303 g/mol. The second-order valence-corrected chi connectivity index (χ2v) is 5.08. The average Bonchev–Trinajstić information content (AvgIpc) is 3.23. The lowest BCUT2D eigenvalue weighted by Crippen LogP contribution is -2.33. The third kappa shape index (κ3) is 3.60. The zero-order valence-electron chi connectivity index (χ0n) is 11.3. The Morgan fingerprint density at radius 3 is 2.76 bits per heavy atom. The van der Waals surface area contributed by atoms with Crippen LogP contribution >= 0.6 is 11.6 Å². The van der Waals surface area contributed by atoms with Gasteiger partial charge in [-0.05, 0) is 25.8 Å². The maximum atomic E-state index is 13.4. The number of nitro benzene ring substituents is 1. The highest BCUT2D eigenvalue weighted by Crippen LogP contribution is 2.39. The zero-order valence-corrected chi connectivity index (χ0v) is 12.1. The van der Waals surface area contributed by atoms with Crippen LogP contribution in [0.25, 0.3) is 0 Å². The quantitative estimate of drug-likeness (QED) is 0.458. The van der Waals surface area contributed by atoms with E-state index in [1.807, 2.05) is 0 Å². The van der Waals surface area contributed by atoms with E-state index >= 15 is 0 Å². The minimum absolute atomic E-state index is 0.00892. The average molecular weight is 317 g/mol. The molecule has 114 valence electrons. The molecule has 1 aromatic carbocycles. The molecule has 0 aromatic heterocycles. The molecule has 1 fully saturated rings. The molecule has 1 aliphatic carbocycles. The molecule has 0 radical (unpaired) electrons. The van der Waals surface area contributed by atoms with Crippen LogP contribution in [0.2, 0.25) is 5.02 Å². The molecule has 2 rings (SSSR count). The smallest absolute Gasteiger partial charge is 0.325 e. The first-order valence-corrected chi connectivity index (χ1v) is 6.87. The molecule has 0 unspecified atom stereocenters. The van der Waals surface area contributed by atoms with Crippen molar-refractivity contribution in [3.8, 4) is 0 Å². The minimum atomic E-state index is -0.862. The van der Waals surface area contributed by atoms with Crippen molar-refractivity contribution in [1.29, 1.82) is 0 Å². The van der Waals surface area contributed by atoms with Crippen LogP contribution in [-0.4, -0.2) is 30.1 Å². The fourth-order valence-corrected chi connectivity index (χ4v) is 2.20. The third-order valence-corrected chi connectivity index (χ3v) is 3.41. The van der Waals surface area contributed by atoms with Gasteiger partial charge >= 0.3 is 5.97 Å². The van der Waals surface area contributed by atoms with Gasteiger partial charge in [-0.15, -0.1) is 0 Å². The molecule has 0 heterocycles. The summed E-state index contributed by atoms with van der Waals surface area (Å²) in [5, 5.41) is 10.9. The van der Waals surface area contributed by atoms with Crippen molar-refractivity contribution >= 4 is 28.9 Å². The number of carbonyl (C=O) groups excluding carboxylic acids is 1. The van der Waals surface area contributed by atoms with Crippen molar-refractivity contribution in [2.24, 2.45) is 0 Å². The van der Waals surface area contributed by atoms with Gasteiger partial charge in [0, 0.05) is 6.04 Å². The summed E-state index contributed by atoms with van der Waals surface area (Å²) < 4.78 is 18.3. The Bertz CT molecular complexity index is 578. The monoisotopic (exact) mass is 316 g/mol. The van der Waals surface area contributed by atoms with E-state index in [1.54, 1.807) is 11.8 Å². The number of halogens is 2. The number of ether oxygens (including phenoxy) is 1. The lowest BCUT2D eigenvalue weighted by Gasteiger charge is -2.23. The zero-order chi connectivity index (χ0) is 15.6. The van der Waals surface area contributed by atoms with Crippen LogP contribution in [0.1, 0.15) is 19.8 Å². The summed E-state index contributed by atoms with van der Waals surface area (Å²) in [6.45, 7) is 1.78. The first-order valence-electron chi connectivity index (χ1n) is 6.49. The lowest BCUT2D eigenvalue weighted by molar-refractivity contribution is -0.384. The normalized spacial score (nSPS) is 13.9. The Balaban J connectivity index is 2.37. The number of anilines is 1. The predicted molar refractivity (Wildman–Crippen MR) is 75.1 cm³/mol. The first-order chi connectivity index (χ1) is 9.93. The van der Waals surface area contributed by atoms with E-state index in [0.29, 0.717) is 0 Å². The Labute approximate surface area is 125 Å². The maximum Gasteiger partial charge on any atom is 0.325 e. The number of nitro groups is 1. The van der Waals surface area contributed by atoms with E-state index in [-0.39, 0.29) is 29.9 Å². The molecule has 0 aliphatic heterocycles. The first kappa shape index (κ1) is 15.5. The Morgan fingerprint density at radius 1 is 1.57 bits per heavy atom. The van der Waals surface area contributed by atoms with Crippen molar-refractivity contribution in [2.75, 3.05) is 18.1 Å². The lowest BCUT2D eigenvalue weighted by atomic mass is 10.2. The Morgan fingerprint density at radius 2 is 2.24 bits per heavy atom. The van der Waals surface area contributed by atoms with Crippen LogP contribution in [0, 0.1) is 15.9 Å². The van der Waals surface area contributed by atoms with Crippen molar-refractivity contribution in [2.45, 2.75) is 25.8 Å². The number of hydrogen-bond acceptors (Lipinski definition) is 5. The highest BCUT2D eigenvalue weighted by atomic mass is 35.5. The molecular formula is C13H14ClFN2O4. The van der Waals surface area contributed by atoms with E-state index in [2.05, 4.69) is 0 Å². The molecule has 0 bridgehead atoms. The summed E-state index contributed by atoms with van der Waals surface area (Å²) in [5.41, 5.74) is -0.268. The van der Waals surface area contributed by atoms with Crippen molar-refractivity contribution in [3.05, 3.63) is 33.1 Å². The Hall–Kier alpha value is -1.89. The second kappa shape index (κ2) is 6.26.